The van der Waals surface area contributed by atoms with Crippen molar-refractivity contribution in [1.82, 2.24) is 24.6 Å². The number of aromatic nitrogens is 4. The summed E-state index contributed by atoms with van der Waals surface area (Å²) in [5, 5.41) is 7.70. The summed E-state index contributed by atoms with van der Waals surface area (Å²) < 4.78 is 8.83. The fourth-order valence-corrected chi connectivity index (χ4v) is 3.49. The molecule has 0 saturated heterocycles. The first-order valence-corrected chi connectivity index (χ1v) is 9.18. The minimum atomic E-state index is -0.316. The number of fused-ring (bicyclic) bond motifs is 3. The van der Waals surface area contributed by atoms with E-state index in [4.69, 9.17) is 4.42 Å². The van der Waals surface area contributed by atoms with Gasteiger partial charge in [-0.15, -0.1) is 0 Å². The van der Waals surface area contributed by atoms with Crippen LogP contribution >= 0.6 is 0 Å². The van der Waals surface area contributed by atoms with Crippen molar-refractivity contribution in [2.75, 3.05) is 0 Å². The van der Waals surface area contributed by atoms with Crippen molar-refractivity contribution in [2.45, 2.75) is 39.9 Å². The zero-order valence-corrected chi connectivity index (χ0v) is 16.0. The van der Waals surface area contributed by atoms with Crippen LogP contribution in [-0.4, -0.2) is 25.2 Å². The molecular weight excluding hydrogens is 358 g/mol. The largest absolute Gasteiger partial charge is 0.459 e. The summed E-state index contributed by atoms with van der Waals surface area (Å²) >= 11 is 0. The zero-order chi connectivity index (χ0) is 19.8. The molecule has 28 heavy (non-hydrogen) atoms. The van der Waals surface area contributed by atoms with E-state index in [0.717, 1.165) is 17.0 Å². The van der Waals surface area contributed by atoms with E-state index in [1.54, 1.807) is 12.4 Å². The second kappa shape index (κ2) is 6.95. The van der Waals surface area contributed by atoms with Gasteiger partial charge in [-0.05, 0) is 32.9 Å². The maximum atomic E-state index is 13.0. The second-order valence-corrected chi connectivity index (χ2v) is 6.73. The molecule has 0 aliphatic heterocycles. The van der Waals surface area contributed by atoms with Crippen molar-refractivity contribution in [1.29, 1.82) is 0 Å². The third-order valence-corrected chi connectivity index (χ3v) is 4.78. The van der Waals surface area contributed by atoms with Crippen LogP contribution in [0.1, 0.15) is 31.3 Å². The van der Waals surface area contributed by atoms with Crippen molar-refractivity contribution in [3.8, 4) is 0 Å². The molecule has 0 aliphatic rings. The number of carbonyl (C=O) groups excluding carboxylic acids is 1. The lowest BCUT2D eigenvalue weighted by atomic mass is 10.2. The summed E-state index contributed by atoms with van der Waals surface area (Å²) in [6.07, 6.45) is 3.26. The van der Waals surface area contributed by atoms with Crippen LogP contribution in [-0.2, 0) is 17.9 Å². The molecule has 0 saturated carbocycles. The maximum Gasteiger partial charge on any atom is 0.291 e. The molecule has 8 heteroatoms. The highest BCUT2D eigenvalue weighted by Crippen LogP contribution is 2.29. The number of carbonyl (C=O) groups is 1. The average Bonchev–Trinajstić information content (AvgIpc) is 3.19. The van der Waals surface area contributed by atoms with Gasteiger partial charge in [0, 0.05) is 18.8 Å². The number of furan rings is 1. The Morgan fingerprint density at radius 1 is 1.36 bits per heavy atom. The fourth-order valence-electron chi connectivity index (χ4n) is 3.49. The standard InChI is InChI=1S/C20H21N5O3/c1-4-24-16-9-12(2)28-19(16)14-10-22-25(20(27)18(14)24)11-17(26)23-13(3)15-7-5-6-8-21-15/h5-10,13H,4,11H2,1-3H3,(H,23,26). The molecule has 0 fully saturated rings. The van der Waals surface area contributed by atoms with E-state index in [9.17, 15) is 9.59 Å². The molecule has 0 aromatic carbocycles. The Labute approximate surface area is 160 Å². The van der Waals surface area contributed by atoms with E-state index in [-0.39, 0.29) is 24.1 Å². The summed E-state index contributed by atoms with van der Waals surface area (Å²) in [6.45, 7) is 6.13. The Hall–Kier alpha value is -3.42. The van der Waals surface area contributed by atoms with Crippen LogP contribution in [0.3, 0.4) is 0 Å². The molecule has 1 N–H and O–H groups in total. The number of nitrogens with zero attached hydrogens (tertiary/aromatic N) is 4. The summed E-state index contributed by atoms with van der Waals surface area (Å²) in [4.78, 5) is 29.7. The van der Waals surface area contributed by atoms with Gasteiger partial charge in [0.25, 0.3) is 5.56 Å². The molecule has 4 aromatic heterocycles. The van der Waals surface area contributed by atoms with Gasteiger partial charge in [-0.25, -0.2) is 4.68 Å². The summed E-state index contributed by atoms with van der Waals surface area (Å²) in [5.74, 6) is 0.474. The molecule has 4 heterocycles. The quantitative estimate of drug-likeness (QED) is 0.575. The summed E-state index contributed by atoms with van der Waals surface area (Å²) in [7, 11) is 0. The monoisotopic (exact) mass is 379 g/mol. The van der Waals surface area contributed by atoms with Crippen molar-refractivity contribution >= 4 is 27.9 Å². The highest BCUT2D eigenvalue weighted by molar-refractivity contribution is 6.04. The van der Waals surface area contributed by atoms with Gasteiger partial charge >= 0.3 is 0 Å². The molecule has 4 rings (SSSR count). The van der Waals surface area contributed by atoms with Crippen molar-refractivity contribution in [2.24, 2.45) is 0 Å². The fraction of sp³-hybridized carbons (Fsp3) is 0.300. The van der Waals surface area contributed by atoms with E-state index < -0.39 is 0 Å². The first-order chi connectivity index (χ1) is 13.5. The van der Waals surface area contributed by atoms with Crippen LogP contribution in [0.4, 0.5) is 0 Å². The van der Waals surface area contributed by atoms with Crippen LogP contribution < -0.4 is 10.9 Å². The molecule has 0 bridgehead atoms. The molecule has 1 atom stereocenters. The van der Waals surface area contributed by atoms with Gasteiger partial charge in [0.15, 0.2) is 5.58 Å². The number of hydrogen-bond donors (Lipinski definition) is 1. The zero-order valence-electron chi connectivity index (χ0n) is 16.0. The Kier molecular flexibility index (Phi) is 4.46. The van der Waals surface area contributed by atoms with Crippen LogP contribution in [0.25, 0.3) is 22.0 Å². The van der Waals surface area contributed by atoms with Gasteiger partial charge in [0.1, 0.15) is 17.8 Å². The number of amides is 1. The summed E-state index contributed by atoms with van der Waals surface area (Å²) in [6, 6.07) is 7.16. The molecule has 8 nitrogen and oxygen atoms in total. The van der Waals surface area contributed by atoms with Crippen LogP contribution in [0.5, 0.6) is 0 Å². The molecular formula is C20H21N5O3. The van der Waals surface area contributed by atoms with Gasteiger partial charge in [-0.1, -0.05) is 6.07 Å². The minimum absolute atomic E-state index is 0.165. The number of aryl methyl sites for hydroxylation is 2. The maximum absolute atomic E-state index is 13.0. The highest BCUT2D eigenvalue weighted by Gasteiger charge is 2.20. The van der Waals surface area contributed by atoms with E-state index >= 15 is 0 Å². The summed E-state index contributed by atoms with van der Waals surface area (Å²) in [5.41, 5.74) is 2.45. The van der Waals surface area contributed by atoms with Crippen molar-refractivity contribution in [3.05, 3.63) is 58.5 Å². The van der Waals surface area contributed by atoms with Crippen molar-refractivity contribution in [3.63, 3.8) is 0 Å². The molecule has 0 aliphatic carbocycles. The minimum Gasteiger partial charge on any atom is -0.459 e. The molecule has 4 aromatic rings. The van der Waals surface area contributed by atoms with Gasteiger partial charge < -0.3 is 14.3 Å². The molecule has 0 radical (unpaired) electrons. The third-order valence-electron chi connectivity index (χ3n) is 4.78. The van der Waals surface area contributed by atoms with E-state index in [1.165, 1.54) is 4.68 Å². The van der Waals surface area contributed by atoms with Gasteiger partial charge in [-0.2, -0.15) is 5.10 Å². The average molecular weight is 379 g/mol. The molecule has 144 valence electrons. The topological polar surface area (TPSA) is 94.9 Å². The van der Waals surface area contributed by atoms with Gasteiger partial charge in [-0.3, -0.25) is 14.6 Å². The van der Waals surface area contributed by atoms with E-state index in [1.807, 2.05) is 49.6 Å². The van der Waals surface area contributed by atoms with E-state index in [2.05, 4.69) is 15.4 Å². The SMILES string of the molecule is CCn1c2cc(C)oc2c2cnn(CC(=O)NC(C)c3ccccn3)c(=O)c21. The Morgan fingerprint density at radius 2 is 2.18 bits per heavy atom. The Morgan fingerprint density at radius 3 is 2.89 bits per heavy atom. The number of pyridine rings is 1. The Balaban J connectivity index is 1.65. The predicted molar refractivity (Wildman–Crippen MR) is 105 cm³/mol. The lowest BCUT2D eigenvalue weighted by Crippen LogP contribution is -2.35. The first-order valence-electron chi connectivity index (χ1n) is 9.18. The van der Waals surface area contributed by atoms with Gasteiger partial charge in [0.2, 0.25) is 5.91 Å². The van der Waals surface area contributed by atoms with Crippen LogP contribution in [0.15, 0.2) is 45.9 Å². The third kappa shape index (κ3) is 2.96. The lowest BCUT2D eigenvalue weighted by Gasteiger charge is -2.13. The van der Waals surface area contributed by atoms with Crippen LogP contribution in [0.2, 0.25) is 0 Å². The smallest absolute Gasteiger partial charge is 0.291 e. The lowest BCUT2D eigenvalue weighted by molar-refractivity contribution is -0.122. The predicted octanol–water partition coefficient (Wildman–Crippen LogP) is 2.54. The second-order valence-electron chi connectivity index (χ2n) is 6.73. The molecule has 1 amide bonds. The number of nitrogens with one attached hydrogen (secondary N) is 1. The number of hydrogen-bond acceptors (Lipinski definition) is 5. The molecule has 0 spiro atoms. The van der Waals surface area contributed by atoms with Crippen molar-refractivity contribution < 1.29 is 9.21 Å². The van der Waals surface area contributed by atoms with Crippen LogP contribution in [0, 0.1) is 6.92 Å². The Bertz CT molecular complexity index is 1220. The molecule has 1 unspecified atom stereocenters. The highest BCUT2D eigenvalue weighted by atomic mass is 16.3. The van der Waals surface area contributed by atoms with E-state index in [0.29, 0.717) is 23.0 Å². The number of rotatable bonds is 5. The normalized spacial score (nSPS) is 12.5. The first kappa shape index (κ1) is 18.0. The van der Waals surface area contributed by atoms with Gasteiger partial charge in [0.05, 0.1) is 28.8 Å².